The fourth-order valence-corrected chi connectivity index (χ4v) is 2.69. The lowest BCUT2D eigenvalue weighted by Gasteiger charge is -2.40. The van der Waals surface area contributed by atoms with Gasteiger partial charge in [0, 0.05) is 51.2 Å². The van der Waals surface area contributed by atoms with Gasteiger partial charge in [-0.15, -0.1) is 0 Å². The molecule has 2 heterocycles. The number of anilines is 1. The summed E-state index contributed by atoms with van der Waals surface area (Å²) in [4.78, 5) is 13.1. The molecule has 2 rings (SSSR count). The van der Waals surface area contributed by atoms with E-state index < -0.39 is 0 Å². The van der Waals surface area contributed by atoms with Gasteiger partial charge >= 0.3 is 0 Å². The zero-order valence-corrected chi connectivity index (χ0v) is 13.1. The van der Waals surface area contributed by atoms with Crippen molar-refractivity contribution in [3.63, 3.8) is 0 Å². The van der Waals surface area contributed by atoms with Crippen LogP contribution in [0, 0.1) is 17.2 Å². The smallest absolute Gasteiger partial charge is 0.182 e. The number of nitrogens with one attached hydrogen (secondary N) is 1. The molecule has 1 unspecified atom stereocenters. The number of nitrogens with zero attached hydrogens (tertiary/aromatic N) is 5. The Bertz CT molecular complexity index is 487. The van der Waals surface area contributed by atoms with Gasteiger partial charge in [-0.3, -0.25) is 4.90 Å². The van der Waals surface area contributed by atoms with Crippen LogP contribution in [0.3, 0.4) is 0 Å². The molecule has 0 radical (unpaired) electrons. The van der Waals surface area contributed by atoms with Crippen molar-refractivity contribution in [2.24, 2.45) is 5.92 Å². The molecule has 0 aromatic carbocycles. The molecular formula is C15H24N6. The van der Waals surface area contributed by atoms with Crippen LogP contribution in [0.15, 0.2) is 12.4 Å². The first kappa shape index (κ1) is 15.7. The molecule has 1 saturated heterocycles. The van der Waals surface area contributed by atoms with Gasteiger partial charge in [0.25, 0.3) is 0 Å². The van der Waals surface area contributed by atoms with Crippen LogP contribution in [-0.4, -0.2) is 65.6 Å². The monoisotopic (exact) mass is 288 g/mol. The third-order valence-electron chi connectivity index (χ3n) is 4.06. The number of aromatic nitrogens is 2. The van der Waals surface area contributed by atoms with Crippen molar-refractivity contribution in [1.82, 2.24) is 19.8 Å². The largest absolute Gasteiger partial charge is 0.366 e. The predicted octanol–water partition coefficient (Wildman–Crippen LogP) is 1.03. The first-order valence-electron chi connectivity index (χ1n) is 7.49. The Morgan fingerprint density at radius 2 is 1.90 bits per heavy atom. The predicted molar refractivity (Wildman–Crippen MR) is 82.9 cm³/mol. The Morgan fingerprint density at radius 1 is 1.24 bits per heavy atom. The van der Waals surface area contributed by atoms with Crippen LogP contribution in [-0.2, 0) is 0 Å². The Hall–Kier alpha value is -1.71. The summed E-state index contributed by atoms with van der Waals surface area (Å²) in [7, 11) is 2.17. The molecule has 114 valence electrons. The highest BCUT2D eigenvalue weighted by molar-refractivity contribution is 5.46. The van der Waals surface area contributed by atoms with Gasteiger partial charge in [-0.25, -0.2) is 9.97 Å². The van der Waals surface area contributed by atoms with Gasteiger partial charge in [-0.1, -0.05) is 13.8 Å². The molecule has 1 fully saturated rings. The second kappa shape index (κ2) is 7.34. The lowest BCUT2D eigenvalue weighted by Crippen LogP contribution is -2.52. The van der Waals surface area contributed by atoms with E-state index >= 15 is 0 Å². The minimum atomic E-state index is 0.360. The van der Waals surface area contributed by atoms with Gasteiger partial charge < -0.3 is 10.2 Å². The van der Waals surface area contributed by atoms with Crippen LogP contribution in [0.4, 0.5) is 5.82 Å². The van der Waals surface area contributed by atoms with E-state index in [-0.39, 0.29) is 0 Å². The van der Waals surface area contributed by atoms with E-state index in [4.69, 9.17) is 5.26 Å². The summed E-state index contributed by atoms with van der Waals surface area (Å²) in [5, 5.41) is 12.4. The van der Waals surface area contributed by atoms with Crippen molar-refractivity contribution in [3.8, 4) is 6.07 Å². The topological polar surface area (TPSA) is 68.1 Å². The Balaban J connectivity index is 1.99. The zero-order valence-electron chi connectivity index (χ0n) is 13.1. The molecule has 6 heteroatoms. The number of nitriles is 1. The third-order valence-corrected chi connectivity index (χ3v) is 4.06. The van der Waals surface area contributed by atoms with Crippen LogP contribution in [0.25, 0.3) is 0 Å². The minimum Gasteiger partial charge on any atom is -0.366 e. The fraction of sp³-hybridized carbons (Fsp3) is 0.667. The maximum Gasteiger partial charge on any atom is 0.182 e. The Morgan fingerprint density at radius 3 is 2.52 bits per heavy atom. The second-order valence-electron chi connectivity index (χ2n) is 5.90. The molecular weight excluding hydrogens is 264 g/mol. The van der Waals surface area contributed by atoms with Gasteiger partial charge in [0.05, 0.1) is 0 Å². The van der Waals surface area contributed by atoms with Gasteiger partial charge in [-0.2, -0.15) is 5.26 Å². The standard InChI is InChI=1S/C15H24N6/c1-12(2)14(21-8-6-20(3)7-9-21)11-19-15-13(10-16)17-4-5-18-15/h4-5,12,14H,6-9,11H2,1-3H3,(H,18,19). The van der Waals surface area contributed by atoms with Crippen LogP contribution in [0.1, 0.15) is 19.5 Å². The average molecular weight is 288 g/mol. The molecule has 0 spiro atoms. The number of hydrogen-bond acceptors (Lipinski definition) is 6. The van der Waals surface area contributed by atoms with Crippen molar-refractivity contribution in [1.29, 1.82) is 5.26 Å². The summed E-state index contributed by atoms with van der Waals surface area (Å²) >= 11 is 0. The zero-order chi connectivity index (χ0) is 15.2. The Labute approximate surface area is 126 Å². The van der Waals surface area contributed by atoms with E-state index in [0.29, 0.717) is 23.5 Å². The lowest BCUT2D eigenvalue weighted by atomic mass is 10.0. The van der Waals surface area contributed by atoms with Crippen LogP contribution >= 0.6 is 0 Å². The van der Waals surface area contributed by atoms with E-state index in [9.17, 15) is 0 Å². The van der Waals surface area contributed by atoms with E-state index in [1.807, 2.05) is 0 Å². The van der Waals surface area contributed by atoms with E-state index in [0.717, 1.165) is 32.7 Å². The highest BCUT2D eigenvalue weighted by Crippen LogP contribution is 2.15. The first-order valence-corrected chi connectivity index (χ1v) is 7.49. The summed E-state index contributed by atoms with van der Waals surface area (Å²) in [5.74, 6) is 1.13. The summed E-state index contributed by atoms with van der Waals surface area (Å²) in [5.41, 5.74) is 0.360. The maximum absolute atomic E-state index is 9.06. The summed E-state index contributed by atoms with van der Waals surface area (Å²) in [6, 6.07) is 2.51. The van der Waals surface area contributed by atoms with E-state index in [1.54, 1.807) is 12.4 Å². The Kier molecular flexibility index (Phi) is 5.48. The molecule has 0 bridgehead atoms. The minimum absolute atomic E-state index is 0.360. The molecule has 6 nitrogen and oxygen atoms in total. The third kappa shape index (κ3) is 4.13. The average Bonchev–Trinajstić information content (AvgIpc) is 2.49. The first-order chi connectivity index (χ1) is 10.1. The van der Waals surface area contributed by atoms with E-state index in [1.165, 1.54) is 0 Å². The van der Waals surface area contributed by atoms with Gasteiger partial charge in [0.15, 0.2) is 11.5 Å². The molecule has 0 aliphatic carbocycles. The van der Waals surface area contributed by atoms with Crippen molar-refractivity contribution >= 4 is 5.82 Å². The summed E-state index contributed by atoms with van der Waals surface area (Å²) < 4.78 is 0. The maximum atomic E-state index is 9.06. The molecule has 0 saturated carbocycles. The number of hydrogen-bond donors (Lipinski definition) is 1. The van der Waals surface area contributed by atoms with Gasteiger partial charge in [0.2, 0.25) is 0 Å². The second-order valence-corrected chi connectivity index (χ2v) is 5.90. The number of likely N-dealkylation sites (N-methyl/N-ethyl adjacent to an activating group) is 1. The number of piperazine rings is 1. The van der Waals surface area contributed by atoms with Gasteiger partial charge in [-0.05, 0) is 13.0 Å². The van der Waals surface area contributed by atoms with E-state index in [2.05, 4.69) is 52.0 Å². The van der Waals surface area contributed by atoms with Crippen molar-refractivity contribution < 1.29 is 0 Å². The van der Waals surface area contributed by atoms with Crippen LogP contribution in [0.2, 0.25) is 0 Å². The summed E-state index contributed by atoms with van der Waals surface area (Å²) in [6.45, 7) is 9.67. The number of rotatable bonds is 5. The normalized spacial score (nSPS) is 18.4. The molecule has 1 N–H and O–H groups in total. The SMILES string of the molecule is CC(C)C(CNc1nccnc1C#N)N1CCN(C)CC1. The molecule has 1 aromatic heterocycles. The quantitative estimate of drug-likeness (QED) is 0.873. The van der Waals surface area contributed by atoms with Gasteiger partial charge in [0.1, 0.15) is 6.07 Å². The summed E-state index contributed by atoms with van der Waals surface area (Å²) in [6.07, 6.45) is 3.16. The molecule has 1 atom stereocenters. The van der Waals surface area contributed by atoms with Crippen LogP contribution < -0.4 is 5.32 Å². The molecule has 1 aliphatic heterocycles. The highest BCUT2D eigenvalue weighted by Gasteiger charge is 2.25. The molecule has 1 aliphatic rings. The van der Waals surface area contributed by atoms with Crippen molar-refractivity contribution in [2.75, 3.05) is 45.1 Å². The lowest BCUT2D eigenvalue weighted by molar-refractivity contribution is 0.0944. The highest BCUT2D eigenvalue weighted by atomic mass is 15.3. The van der Waals surface area contributed by atoms with Crippen molar-refractivity contribution in [3.05, 3.63) is 18.1 Å². The van der Waals surface area contributed by atoms with Crippen LogP contribution in [0.5, 0.6) is 0 Å². The fourth-order valence-electron chi connectivity index (χ4n) is 2.69. The molecule has 21 heavy (non-hydrogen) atoms. The molecule has 0 amide bonds. The molecule has 1 aromatic rings. The van der Waals surface area contributed by atoms with Crippen molar-refractivity contribution in [2.45, 2.75) is 19.9 Å².